The number of ether oxygens (including phenoxy) is 2. The largest absolute Gasteiger partial charge is 0.496 e. The van der Waals surface area contributed by atoms with Gasteiger partial charge in [0.2, 0.25) is 17.4 Å². The molecular formula is C18H17NO6S. The molecule has 1 atom stereocenters. The molecule has 0 spiro atoms. The molecular weight excluding hydrogens is 358 g/mol. The van der Waals surface area contributed by atoms with E-state index in [0.717, 1.165) is 0 Å². The number of Topliss-reactive ketones (excluding diaryl/α,β-unsaturated/α-hetero) is 1. The van der Waals surface area contributed by atoms with Crippen LogP contribution in [0.1, 0.15) is 21.3 Å². The molecule has 2 aromatic carbocycles. The quantitative estimate of drug-likeness (QED) is 0.767. The maximum Gasteiger partial charge on any atom is 0.313 e. The summed E-state index contributed by atoms with van der Waals surface area (Å²) in [5.41, 5.74) is 2.42. The van der Waals surface area contributed by atoms with Crippen LogP contribution in [-0.2, 0) is 29.5 Å². The highest BCUT2D eigenvalue weighted by atomic mass is 32.2. The standard InChI is InChI=1S/C18H17NO6S/c1-23-14-10-6-5-9-13(14)16-15(20)17(18(19)24-16)25-26(21,22)11-12-7-3-2-4-8-12/h2-10,16H,11,19H2,1H3/t16-/m1/s1/i11D2,16D. The Morgan fingerprint density at radius 2 is 1.85 bits per heavy atom. The second-order valence-corrected chi connectivity index (χ2v) is 6.44. The van der Waals surface area contributed by atoms with E-state index < -0.39 is 39.3 Å². The van der Waals surface area contributed by atoms with Gasteiger partial charge in [0.15, 0.2) is 6.08 Å². The number of methoxy groups -OCH3 is 1. The van der Waals surface area contributed by atoms with E-state index in [4.69, 9.17) is 23.5 Å². The Morgan fingerprint density at radius 1 is 1.19 bits per heavy atom. The summed E-state index contributed by atoms with van der Waals surface area (Å²) in [6.45, 7) is 0. The minimum absolute atomic E-state index is 0.0162. The van der Waals surface area contributed by atoms with Gasteiger partial charge >= 0.3 is 10.1 Å². The third-order valence-electron chi connectivity index (χ3n) is 3.41. The first kappa shape index (κ1) is 14.2. The van der Waals surface area contributed by atoms with Crippen molar-refractivity contribution in [3.05, 3.63) is 77.4 Å². The number of nitrogens with two attached hydrogens (primary N) is 1. The van der Waals surface area contributed by atoms with Gasteiger partial charge in [-0.25, -0.2) is 0 Å². The lowest BCUT2D eigenvalue weighted by molar-refractivity contribution is -0.123. The van der Waals surface area contributed by atoms with Crippen LogP contribution < -0.4 is 10.5 Å². The molecule has 0 radical (unpaired) electrons. The summed E-state index contributed by atoms with van der Waals surface area (Å²) in [7, 11) is -3.70. The summed E-state index contributed by atoms with van der Waals surface area (Å²) >= 11 is 0. The zero-order valence-electron chi connectivity index (χ0n) is 16.6. The molecule has 0 unspecified atom stereocenters. The predicted octanol–water partition coefficient (Wildman–Crippen LogP) is 2.01. The highest BCUT2D eigenvalue weighted by Gasteiger charge is 2.40. The molecule has 8 heteroatoms. The fourth-order valence-corrected chi connectivity index (χ4v) is 3.13. The zero-order chi connectivity index (χ0) is 21.4. The number of carbonyl (C=O) groups is 1. The van der Waals surface area contributed by atoms with Gasteiger partial charge in [-0.05, 0) is 11.6 Å². The molecule has 0 saturated carbocycles. The van der Waals surface area contributed by atoms with Crippen LogP contribution >= 0.6 is 0 Å². The van der Waals surface area contributed by atoms with E-state index in [1.54, 1.807) is 12.1 Å². The lowest BCUT2D eigenvalue weighted by Gasteiger charge is -2.13. The molecule has 2 aromatic rings. The fourth-order valence-electron chi connectivity index (χ4n) is 2.29. The Balaban J connectivity index is 1.96. The van der Waals surface area contributed by atoms with Gasteiger partial charge in [0.05, 0.1) is 11.2 Å². The van der Waals surface area contributed by atoms with Gasteiger partial charge < -0.3 is 19.4 Å². The van der Waals surface area contributed by atoms with Gasteiger partial charge in [-0.2, -0.15) is 8.42 Å². The molecule has 0 aliphatic carbocycles. The minimum Gasteiger partial charge on any atom is -0.496 e. The smallest absolute Gasteiger partial charge is 0.313 e. The first-order chi connectivity index (χ1) is 13.5. The topological polar surface area (TPSA) is 105 Å². The van der Waals surface area contributed by atoms with Crippen molar-refractivity contribution in [2.45, 2.75) is 11.8 Å². The highest BCUT2D eigenvalue weighted by molar-refractivity contribution is 7.86. The van der Waals surface area contributed by atoms with E-state index in [1.165, 1.54) is 49.6 Å². The van der Waals surface area contributed by atoms with Crippen LogP contribution in [0.15, 0.2) is 66.2 Å². The van der Waals surface area contributed by atoms with Crippen molar-refractivity contribution in [1.82, 2.24) is 0 Å². The summed E-state index contributed by atoms with van der Waals surface area (Å²) in [4.78, 5) is 12.8. The molecule has 3 rings (SSSR count). The second-order valence-electron chi connectivity index (χ2n) is 5.16. The molecule has 26 heavy (non-hydrogen) atoms. The summed E-state index contributed by atoms with van der Waals surface area (Å²) in [6.07, 6.45) is -2.44. The average molecular weight is 378 g/mol. The molecule has 1 aliphatic heterocycles. The van der Waals surface area contributed by atoms with Gasteiger partial charge in [0.1, 0.15) is 11.5 Å². The Labute approximate surface area is 155 Å². The molecule has 136 valence electrons. The van der Waals surface area contributed by atoms with Crippen molar-refractivity contribution in [2.75, 3.05) is 7.11 Å². The van der Waals surface area contributed by atoms with E-state index in [1.807, 2.05) is 0 Å². The van der Waals surface area contributed by atoms with Crippen LogP contribution in [0.5, 0.6) is 5.75 Å². The molecule has 2 N–H and O–H groups in total. The molecule has 0 bridgehead atoms. The average Bonchev–Trinajstić information content (AvgIpc) is 2.92. The van der Waals surface area contributed by atoms with Crippen molar-refractivity contribution in [3.8, 4) is 5.75 Å². The molecule has 0 saturated heterocycles. The summed E-state index contributed by atoms with van der Waals surface area (Å²) in [6, 6.07) is 13.0. The van der Waals surface area contributed by atoms with Gasteiger partial charge in [0, 0.05) is 5.56 Å². The minimum atomic E-state index is -5.03. The monoisotopic (exact) mass is 378 g/mol. The summed E-state index contributed by atoms with van der Waals surface area (Å²) in [5.74, 6) is -2.77. The second kappa shape index (κ2) is 7.09. The molecule has 0 amide bonds. The number of hydrogen-bond acceptors (Lipinski definition) is 7. The number of hydrogen-bond donors (Lipinski definition) is 1. The number of benzene rings is 2. The molecule has 7 nitrogen and oxygen atoms in total. The van der Waals surface area contributed by atoms with Gasteiger partial charge in [-0.1, -0.05) is 48.5 Å². The van der Waals surface area contributed by atoms with Crippen LogP contribution in [-0.4, -0.2) is 21.3 Å². The van der Waals surface area contributed by atoms with Crippen LogP contribution in [0.3, 0.4) is 0 Å². The highest BCUT2D eigenvalue weighted by Crippen LogP contribution is 2.36. The number of para-hydroxylation sites is 1. The maximum atomic E-state index is 12.8. The van der Waals surface area contributed by atoms with Crippen molar-refractivity contribution in [1.29, 1.82) is 0 Å². The van der Waals surface area contributed by atoms with E-state index in [2.05, 4.69) is 0 Å². The third kappa shape index (κ3) is 3.65. The summed E-state index contributed by atoms with van der Waals surface area (Å²) in [5, 5.41) is 0. The van der Waals surface area contributed by atoms with Crippen LogP contribution in [0, 0.1) is 0 Å². The van der Waals surface area contributed by atoms with E-state index in [-0.39, 0.29) is 16.9 Å². The van der Waals surface area contributed by atoms with E-state index in [9.17, 15) is 13.2 Å². The van der Waals surface area contributed by atoms with E-state index >= 15 is 0 Å². The van der Waals surface area contributed by atoms with Crippen molar-refractivity contribution in [2.24, 2.45) is 5.73 Å². The molecule has 0 aromatic heterocycles. The normalized spacial score (nSPS) is 22.2. The molecule has 0 fully saturated rings. The van der Waals surface area contributed by atoms with Crippen LogP contribution in [0.2, 0.25) is 0 Å². The Morgan fingerprint density at radius 3 is 2.54 bits per heavy atom. The SMILES string of the molecule is [2H]C([2H])(c1ccccc1)S(=O)(=O)OC1=C(N)O[C@]([2H])(c2ccccc2OC)C1=O. The number of ketones is 1. The summed E-state index contributed by atoms with van der Waals surface area (Å²) < 4.78 is 64.5. The molecule has 1 aliphatic rings. The lowest BCUT2D eigenvalue weighted by atomic mass is 10.0. The van der Waals surface area contributed by atoms with Crippen LogP contribution in [0.25, 0.3) is 0 Å². The van der Waals surface area contributed by atoms with Gasteiger partial charge in [-0.3, -0.25) is 4.79 Å². The van der Waals surface area contributed by atoms with Crippen molar-refractivity contribution >= 4 is 15.9 Å². The Hall–Kier alpha value is -3.00. The molecule has 1 heterocycles. The lowest BCUT2D eigenvalue weighted by Crippen LogP contribution is -2.16. The Kier molecular flexibility index (Phi) is 3.87. The number of rotatable bonds is 6. The van der Waals surface area contributed by atoms with Crippen LogP contribution in [0.4, 0.5) is 0 Å². The number of carbonyl (C=O) groups excluding carboxylic acids is 1. The van der Waals surface area contributed by atoms with Crippen molar-refractivity contribution < 1.29 is 31.0 Å². The van der Waals surface area contributed by atoms with Gasteiger partial charge in [-0.15, -0.1) is 0 Å². The predicted molar refractivity (Wildman–Crippen MR) is 93.2 cm³/mol. The van der Waals surface area contributed by atoms with Crippen molar-refractivity contribution in [3.63, 3.8) is 0 Å². The first-order valence-corrected chi connectivity index (χ1v) is 8.82. The van der Waals surface area contributed by atoms with E-state index in [0.29, 0.717) is 0 Å². The fraction of sp³-hybridized carbons (Fsp3) is 0.167. The first-order valence-electron chi connectivity index (χ1n) is 8.91. The maximum absolute atomic E-state index is 12.8. The zero-order valence-corrected chi connectivity index (χ0v) is 14.4. The Bertz CT molecular complexity index is 1090. The van der Waals surface area contributed by atoms with Gasteiger partial charge in [0.25, 0.3) is 0 Å². The third-order valence-corrected chi connectivity index (χ3v) is 4.28.